The van der Waals surface area contributed by atoms with Gasteiger partial charge in [-0.25, -0.2) is 4.98 Å². The number of aromatic nitrogens is 2. The molecule has 1 N–H and O–H groups in total. The molecule has 2 heterocycles. The molecule has 1 saturated carbocycles. The van der Waals surface area contributed by atoms with E-state index in [0.717, 1.165) is 12.8 Å². The first kappa shape index (κ1) is 11.9. The van der Waals surface area contributed by atoms with E-state index in [1.54, 1.807) is 4.90 Å². The van der Waals surface area contributed by atoms with Crippen LogP contribution in [0.2, 0.25) is 5.15 Å². The minimum Gasteiger partial charge on any atom is -0.393 e. The van der Waals surface area contributed by atoms with Gasteiger partial charge in [0.1, 0.15) is 10.8 Å². The maximum atomic E-state index is 12.2. The number of nitrogens with zero attached hydrogens (tertiary/aromatic N) is 3. The second-order valence-corrected chi connectivity index (χ2v) is 5.39. The van der Waals surface area contributed by atoms with Crippen molar-refractivity contribution in [3.63, 3.8) is 0 Å². The fraction of sp³-hybridized carbons (Fsp3) is 0.583. The molecule has 6 heteroatoms. The highest BCUT2D eigenvalue weighted by atomic mass is 35.5. The number of likely N-dealkylation sites (tertiary alicyclic amines) is 1. The molecule has 1 amide bonds. The Morgan fingerprint density at radius 2 is 2.22 bits per heavy atom. The van der Waals surface area contributed by atoms with Crippen molar-refractivity contribution < 1.29 is 9.90 Å². The molecule has 1 saturated heterocycles. The maximum absolute atomic E-state index is 12.2. The summed E-state index contributed by atoms with van der Waals surface area (Å²) >= 11 is 5.73. The molecule has 0 spiro atoms. The molecule has 3 rings (SSSR count). The fourth-order valence-corrected chi connectivity index (χ4v) is 3.16. The summed E-state index contributed by atoms with van der Waals surface area (Å²) in [7, 11) is 0. The SMILES string of the molecule is O=C(c1cncc(Cl)n1)N1CC2CCC(O)C2C1. The van der Waals surface area contributed by atoms with E-state index in [2.05, 4.69) is 9.97 Å². The molecule has 3 atom stereocenters. The van der Waals surface area contributed by atoms with Gasteiger partial charge in [-0.1, -0.05) is 11.6 Å². The number of carbonyl (C=O) groups excluding carboxylic acids is 1. The van der Waals surface area contributed by atoms with E-state index in [-0.39, 0.29) is 28.8 Å². The minimum absolute atomic E-state index is 0.147. The van der Waals surface area contributed by atoms with Crippen LogP contribution < -0.4 is 0 Å². The molecule has 1 aromatic heterocycles. The summed E-state index contributed by atoms with van der Waals surface area (Å²) in [6.45, 7) is 1.31. The number of halogens is 1. The molecule has 18 heavy (non-hydrogen) atoms. The largest absolute Gasteiger partial charge is 0.393 e. The van der Waals surface area contributed by atoms with Crippen LogP contribution >= 0.6 is 11.6 Å². The van der Waals surface area contributed by atoms with Gasteiger partial charge < -0.3 is 10.0 Å². The third-order valence-electron chi connectivity index (χ3n) is 3.93. The second kappa shape index (κ2) is 4.48. The molecule has 1 aliphatic heterocycles. The Kier molecular flexibility index (Phi) is 2.95. The zero-order valence-electron chi connectivity index (χ0n) is 9.79. The third kappa shape index (κ3) is 1.97. The highest BCUT2D eigenvalue weighted by molar-refractivity contribution is 6.29. The Bertz CT molecular complexity index is 482. The number of aliphatic hydroxyl groups excluding tert-OH is 1. The van der Waals surface area contributed by atoms with Crippen LogP contribution in [0.25, 0.3) is 0 Å². The summed E-state index contributed by atoms with van der Waals surface area (Å²) < 4.78 is 0. The number of hydrogen-bond acceptors (Lipinski definition) is 4. The normalized spacial score (nSPS) is 30.6. The van der Waals surface area contributed by atoms with Crippen LogP contribution in [0.3, 0.4) is 0 Å². The summed E-state index contributed by atoms with van der Waals surface area (Å²) in [6, 6.07) is 0. The summed E-state index contributed by atoms with van der Waals surface area (Å²) in [5.74, 6) is 0.504. The molecular formula is C12H14ClN3O2. The van der Waals surface area contributed by atoms with Crippen molar-refractivity contribution in [3.8, 4) is 0 Å². The molecule has 5 nitrogen and oxygen atoms in total. The maximum Gasteiger partial charge on any atom is 0.274 e. The zero-order chi connectivity index (χ0) is 12.7. The summed E-state index contributed by atoms with van der Waals surface area (Å²) in [5.41, 5.74) is 0.275. The number of amides is 1. The number of aliphatic hydroxyl groups is 1. The Balaban J connectivity index is 1.75. The zero-order valence-corrected chi connectivity index (χ0v) is 10.5. The molecule has 0 radical (unpaired) electrons. The quantitative estimate of drug-likeness (QED) is 0.824. The predicted molar refractivity (Wildman–Crippen MR) is 65.2 cm³/mol. The molecule has 3 unspecified atom stereocenters. The molecule has 2 aliphatic rings. The molecular weight excluding hydrogens is 254 g/mol. The van der Waals surface area contributed by atoms with Gasteiger partial charge in [-0.05, 0) is 18.8 Å². The van der Waals surface area contributed by atoms with Gasteiger partial charge in [0, 0.05) is 19.0 Å². The van der Waals surface area contributed by atoms with Gasteiger partial charge in [0.2, 0.25) is 0 Å². The number of fused-ring (bicyclic) bond motifs is 1. The van der Waals surface area contributed by atoms with Crippen LogP contribution in [-0.2, 0) is 0 Å². The first-order valence-electron chi connectivity index (χ1n) is 6.10. The highest BCUT2D eigenvalue weighted by Gasteiger charge is 2.43. The standard InChI is InChI=1S/C12H14ClN3O2/c13-11-4-14-3-9(15-11)12(18)16-5-7-1-2-10(17)8(7)6-16/h3-4,7-8,10,17H,1-2,5-6H2. The number of rotatable bonds is 1. The van der Waals surface area contributed by atoms with Crippen LogP contribution in [0.1, 0.15) is 23.3 Å². The van der Waals surface area contributed by atoms with Crippen molar-refractivity contribution in [1.82, 2.24) is 14.9 Å². The monoisotopic (exact) mass is 267 g/mol. The topological polar surface area (TPSA) is 66.3 Å². The average molecular weight is 268 g/mol. The van der Waals surface area contributed by atoms with Crippen LogP contribution in [-0.4, -0.2) is 45.1 Å². The third-order valence-corrected chi connectivity index (χ3v) is 4.11. The van der Waals surface area contributed by atoms with Gasteiger partial charge in [-0.3, -0.25) is 9.78 Å². The van der Waals surface area contributed by atoms with Crippen molar-refractivity contribution in [2.75, 3.05) is 13.1 Å². The molecule has 0 aromatic carbocycles. The van der Waals surface area contributed by atoms with Crippen molar-refractivity contribution >= 4 is 17.5 Å². The van der Waals surface area contributed by atoms with Crippen LogP contribution in [0.4, 0.5) is 0 Å². The molecule has 2 fully saturated rings. The predicted octanol–water partition coefficient (Wildman–Crippen LogP) is 0.973. The molecule has 96 valence electrons. The minimum atomic E-state index is -0.266. The summed E-state index contributed by atoms with van der Waals surface area (Å²) in [5, 5.41) is 10.0. The van der Waals surface area contributed by atoms with Crippen molar-refractivity contribution in [3.05, 3.63) is 23.2 Å². The number of hydrogen-bond donors (Lipinski definition) is 1. The Labute approximate surface area is 110 Å². The molecule has 0 bridgehead atoms. The smallest absolute Gasteiger partial charge is 0.274 e. The van der Waals surface area contributed by atoms with E-state index in [9.17, 15) is 9.90 Å². The van der Waals surface area contributed by atoms with Gasteiger partial charge in [0.15, 0.2) is 0 Å². The lowest BCUT2D eigenvalue weighted by Crippen LogP contribution is -2.31. The Morgan fingerprint density at radius 1 is 1.39 bits per heavy atom. The summed E-state index contributed by atoms with van der Waals surface area (Å²) in [4.78, 5) is 21.8. The number of carbonyl (C=O) groups is 1. The second-order valence-electron chi connectivity index (χ2n) is 5.01. The lowest BCUT2D eigenvalue weighted by molar-refractivity contribution is 0.0746. The van der Waals surface area contributed by atoms with E-state index >= 15 is 0 Å². The van der Waals surface area contributed by atoms with E-state index in [1.807, 2.05) is 0 Å². The highest BCUT2D eigenvalue weighted by Crippen LogP contribution is 2.38. The van der Waals surface area contributed by atoms with Gasteiger partial charge in [-0.2, -0.15) is 0 Å². The van der Waals surface area contributed by atoms with Gasteiger partial charge in [0.25, 0.3) is 5.91 Å². The first-order chi connectivity index (χ1) is 8.65. The molecule has 1 aromatic rings. The van der Waals surface area contributed by atoms with E-state index in [0.29, 0.717) is 19.0 Å². The van der Waals surface area contributed by atoms with Gasteiger partial charge in [-0.15, -0.1) is 0 Å². The van der Waals surface area contributed by atoms with Crippen LogP contribution in [0, 0.1) is 11.8 Å². The first-order valence-corrected chi connectivity index (χ1v) is 6.48. The van der Waals surface area contributed by atoms with E-state index in [1.165, 1.54) is 12.4 Å². The van der Waals surface area contributed by atoms with Gasteiger partial charge in [0.05, 0.1) is 18.5 Å². The van der Waals surface area contributed by atoms with Crippen LogP contribution in [0.15, 0.2) is 12.4 Å². The van der Waals surface area contributed by atoms with Gasteiger partial charge >= 0.3 is 0 Å². The van der Waals surface area contributed by atoms with Crippen LogP contribution in [0.5, 0.6) is 0 Å². The average Bonchev–Trinajstić information content (AvgIpc) is 2.91. The van der Waals surface area contributed by atoms with Crippen molar-refractivity contribution in [1.29, 1.82) is 0 Å². The van der Waals surface area contributed by atoms with Crippen molar-refractivity contribution in [2.24, 2.45) is 11.8 Å². The van der Waals surface area contributed by atoms with Crippen molar-refractivity contribution in [2.45, 2.75) is 18.9 Å². The molecule has 1 aliphatic carbocycles. The lowest BCUT2D eigenvalue weighted by atomic mass is 10.00. The Morgan fingerprint density at radius 3 is 2.94 bits per heavy atom. The summed E-state index contributed by atoms with van der Waals surface area (Å²) in [6.07, 6.45) is 4.42. The van der Waals surface area contributed by atoms with E-state index < -0.39 is 0 Å². The van der Waals surface area contributed by atoms with E-state index in [4.69, 9.17) is 11.6 Å². The lowest BCUT2D eigenvalue weighted by Gasteiger charge is -2.17. The fourth-order valence-electron chi connectivity index (χ4n) is 3.01. The Hall–Kier alpha value is -1.20.